The number of nitrogen functional groups attached to an aromatic ring is 1. The van der Waals surface area contributed by atoms with Gasteiger partial charge in [0.2, 0.25) is 0 Å². The van der Waals surface area contributed by atoms with Gasteiger partial charge in [-0.2, -0.15) is 0 Å². The number of carboxylic acids is 1. The van der Waals surface area contributed by atoms with Crippen molar-refractivity contribution in [2.24, 2.45) is 11.7 Å². The Bertz CT molecular complexity index is 879. The van der Waals surface area contributed by atoms with Gasteiger partial charge in [-0.25, -0.2) is 5.01 Å². The van der Waals surface area contributed by atoms with Crippen molar-refractivity contribution in [1.82, 2.24) is 15.3 Å². The SMILES string of the molecule is N=C(N)c1ccc(N2CCN(CC(=O)NN3CCC(CC(=O)O)CC3)C(=O)C2=O)cc1. The van der Waals surface area contributed by atoms with Crippen LogP contribution in [0.15, 0.2) is 24.3 Å². The number of carboxylic acid groups (broad SMARTS) is 1. The molecule has 0 aromatic heterocycles. The molecule has 0 radical (unpaired) electrons. The van der Waals surface area contributed by atoms with Crippen molar-refractivity contribution in [2.75, 3.05) is 37.6 Å². The quantitative estimate of drug-likeness (QED) is 0.254. The fraction of sp³-hybridized carbons (Fsp3) is 0.450. The van der Waals surface area contributed by atoms with Gasteiger partial charge in [-0.1, -0.05) is 0 Å². The lowest BCUT2D eigenvalue weighted by molar-refractivity contribution is -0.148. The number of benzene rings is 1. The molecule has 2 aliphatic rings. The Morgan fingerprint density at radius 3 is 2.29 bits per heavy atom. The van der Waals surface area contributed by atoms with Crippen molar-refractivity contribution in [2.45, 2.75) is 19.3 Å². The summed E-state index contributed by atoms with van der Waals surface area (Å²) < 4.78 is 0. The number of nitrogens with zero attached hydrogens (tertiary/aromatic N) is 3. The second-order valence-corrected chi connectivity index (χ2v) is 7.71. The number of carbonyl (C=O) groups is 4. The summed E-state index contributed by atoms with van der Waals surface area (Å²) in [5.41, 5.74) is 9.20. The number of piperazine rings is 1. The maximum atomic E-state index is 12.5. The maximum absolute atomic E-state index is 12.5. The molecule has 2 saturated heterocycles. The van der Waals surface area contributed by atoms with E-state index in [0.717, 1.165) is 0 Å². The van der Waals surface area contributed by atoms with Crippen molar-refractivity contribution >= 4 is 35.2 Å². The molecule has 3 amide bonds. The molecule has 31 heavy (non-hydrogen) atoms. The van der Waals surface area contributed by atoms with Gasteiger partial charge in [0, 0.05) is 43.9 Å². The lowest BCUT2D eigenvalue weighted by atomic mass is 9.94. The van der Waals surface area contributed by atoms with Crippen LogP contribution in [-0.4, -0.2) is 77.3 Å². The third kappa shape index (κ3) is 5.57. The van der Waals surface area contributed by atoms with E-state index < -0.39 is 23.7 Å². The summed E-state index contributed by atoms with van der Waals surface area (Å²) in [5.74, 6) is -2.67. The van der Waals surface area contributed by atoms with Crippen LogP contribution in [0.1, 0.15) is 24.8 Å². The van der Waals surface area contributed by atoms with Crippen molar-refractivity contribution in [3.8, 4) is 0 Å². The number of hydrogen-bond acceptors (Lipinski definition) is 6. The number of hydrazine groups is 1. The maximum Gasteiger partial charge on any atom is 0.316 e. The average molecular weight is 430 g/mol. The Kier molecular flexibility index (Phi) is 6.85. The minimum absolute atomic E-state index is 0.0871. The lowest BCUT2D eigenvalue weighted by Crippen LogP contribution is -2.58. The molecule has 1 aromatic carbocycles. The minimum atomic E-state index is -0.820. The molecule has 11 nitrogen and oxygen atoms in total. The second-order valence-electron chi connectivity index (χ2n) is 7.71. The molecule has 2 aliphatic heterocycles. The van der Waals surface area contributed by atoms with Gasteiger partial charge in [-0.05, 0) is 43.0 Å². The molecule has 0 unspecified atom stereocenters. The van der Waals surface area contributed by atoms with Gasteiger partial charge >= 0.3 is 17.8 Å². The molecule has 166 valence electrons. The molecule has 2 heterocycles. The van der Waals surface area contributed by atoms with E-state index in [-0.39, 0.29) is 37.8 Å². The molecule has 1 aromatic rings. The summed E-state index contributed by atoms with van der Waals surface area (Å²) in [6.07, 6.45) is 1.47. The highest BCUT2D eigenvalue weighted by molar-refractivity contribution is 6.41. The number of carbonyl (C=O) groups excluding carboxylic acids is 3. The summed E-state index contributed by atoms with van der Waals surface area (Å²) in [5, 5.41) is 18.0. The number of nitrogens with two attached hydrogens (primary N) is 1. The molecular weight excluding hydrogens is 404 g/mol. The van der Waals surface area contributed by atoms with Crippen molar-refractivity contribution in [3.05, 3.63) is 29.8 Å². The van der Waals surface area contributed by atoms with Crippen molar-refractivity contribution in [3.63, 3.8) is 0 Å². The standard InChI is InChI=1S/C20H26N6O5/c21-18(22)14-1-3-15(4-2-14)26-10-9-24(19(30)20(26)31)12-16(27)23-25-7-5-13(6-8-25)11-17(28)29/h1-4,13H,5-12H2,(H3,21,22)(H,23,27)(H,28,29). The molecule has 3 rings (SSSR count). The summed E-state index contributed by atoms with van der Waals surface area (Å²) in [6, 6.07) is 6.46. The summed E-state index contributed by atoms with van der Waals surface area (Å²) in [4.78, 5) is 50.7. The first-order valence-electron chi connectivity index (χ1n) is 10.1. The van der Waals surface area contributed by atoms with Crippen LogP contribution in [0.5, 0.6) is 0 Å². The predicted molar refractivity (Wildman–Crippen MR) is 111 cm³/mol. The van der Waals surface area contributed by atoms with E-state index in [1.807, 2.05) is 0 Å². The predicted octanol–water partition coefficient (Wildman–Crippen LogP) is -0.636. The third-order valence-electron chi connectivity index (χ3n) is 5.49. The Balaban J connectivity index is 1.49. The van der Waals surface area contributed by atoms with Gasteiger partial charge in [-0.3, -0.25) is 30.0 Å². The van der Waals surface area contributed by atoms with Gasteiger partial charge in [0.25, 0.3) is 5.91 Å². The first kappa shape index (κ1) is 22.2. The van der Waals surface area contributed by atoms with Crippen LogP contribution in [0.4, 0.5) is 5.69 Å². The fourth-order valence-corrected chi connectivity index (χ4v) is 3.77. The molecule has 2 fully saturated rings. The molecule has 0 aliphatic carbocycles. The molecule has 11 heteroatoms. The summed E-state index contributed by atoms with van der Waals surface area (Å²) >= 11 is 0. The average Bonchev–Trinajstić information content (AvgIpc) is 2.73. The molecule has 0 saturated carbocycles. The summed E-state index contributed by atoms with van der Waals surface area (Å²) in [6.45, 7) is 1.32. The Morgan fingerprint density at radius 1 is 1.06 bits per heavy atom. The zero-order valence-corrected chi connectivity index (χ0v) is 17.0. The molecule has 5 N–H and O–H groups in total. The molecule has 0 atom stereocenters. The van der Waals surface area contributed by atoms with Crippen LogP contribution < -0.4 is 16.1 Å². The van der Waals surface area contributed by atoms with Gasteiger partial charge in [0.1, 0.15) is 12.4 Å². The molecular formula is C20H26N6O5. The van der Waals surface area contributed by atoms with E-state index in [0.29, 0.717) is 37.2 Å². The van der Waals surface area contributed by atoms with Crippen LogP contribution in [0.25, 0.3) is 0 Å². The van der Waals surface area contributed by atoms with E-state index in [4.69, 9.17) is 16.2 Å². The highest BCUT2D eigenvalue weighted by atomic mass is 16.4. The van der Waals surface area contributed by atoms with Crippen LogP contribution in [0.3, 0.4) is 0 Å². The monoisotopic (exact) mass is 430 g/mol. The lowest BCUT2D eigenvalue weighted by Gasteiger charge is -2.35. The van der Waals surface area contributed by atoms with E-state index in [9.17, 15) is 19.2 Å². The van der Waals surface area contributed by atoms with Gasteiger partial charge in [-0.15, -0.1) is 0 Å². The Labute approximate surface area is 179 Å². The first-order valence-corrected chi connectivity index (χ1v) is 10.1. The number of aliphatic carboxylic acids is 1. The number of anilines is 1. The third-order valence-corrected chi connectivity index (χ3v) is 5.49. The van der Waals surface area contributed by atoms with E-state index in [2.05, 4.69) is 5.43 Å². The fourth-order valence-electron chi connectivity index (χ4n) is 3.77. The largest absolute Gasteiger partial charge is 0.481 e. The van der Waals surface area contributed by atoms with Gasteiger partial charge in [0.05, 0.1) is 0 Å². The normalized spacial score (nSPS) is 18.2. The van der Waals surface area contributed by atoms with Crippen LogP contribution >= 0.6 is 0 Å². The van der Waals surface area contributed by atoms with Crippen molar-refractivity contribution in [1.29, 1.82) is 5.41 Å². The highest BCUT2D eigenvalue weighted by Gasteiger charge is 2.34. The number of nitrogens with one attached hydrogen (secondary N) is 2. The second kappa shape index (κ2) is 9.56. The van der Waals surface area contributed by atoms with Gasteiger partial charge < -0.3 is 20.6 Å². The van der Waals surface area contributed by atoms with E-state index >= 15 is 0 Å². The number of rotatable bonds is 7. The number of amides is 3. The van der Waals surface area contributed by atoms with Crippen LogP contribution in [-0.2, 0) is 19.2 Å². The van der Waals surface area contributed by atoms with Crippen LogP contribution in [0.2, 0.25) is 0 Å². The topological polar surface area (TPSA) is 160 Å². The van der Waals surface area contributed by atoms with E-state index in [1.54, 1.807) is 29.3 Å². The Morgan fingerprint density at radius 2 is 1.71 bits per heavy atom. The minimum Gasteiger partial charge on any atom is -0.481 e. The zero-order chi connectivity index (χ0) is 22.5. The van der Waals surface area contributed by atoms with E-state index in [1.165, 1.54) is 9.80 Å². The molecule has 0 bridgehead atoms. The zero-order valence-electron chi connectivity index (χ0n) is 17.0. The Hall–Kier alpha value is -3.47. The number of amidine groups is 1. The summed E-state index contributed by atoms with van der Waals surface area (Å²) in [7, 11) is 0. The highest BCUT2D eigenvalue weighted by Crippen LogP contribution is 2.20. The van der Waals surface area contributed by atoms with Gasteiger partial charge in [0.15, 0.2) is 0 Å². The molecule has 0 spiro atoms. The van der Waals surface area contributed by atoms with Crippen molar-refractivity contribution < 1.29 is 24.3 Å². The van der Waals surface area contributed by atoms with Crippen LogP contribution in [0, 0.1) is 11.3 Å². The first-order chi connectivity index (χ1) is 14.7. The smallest absolute Gasteiger partial charge is 0.316 e. The number of piperidine rings is 1. The number of hydrogen-bond donors (Lipinski definition) is 4.